The van der Waals surface area contributed by atoms with Crippen molar-refractivity contribution < 1.29 is 4.42 Å². The molecule has 5 aromatic rings. The predicted molar refractivity (Wildman–Crippen MR) is 124 cm³/mol. The Kier molecular flexibility index (Phi) is 5.82. The number of aromatic amines is 1. The maximum atomic E-state index is 12.9. The van der Waals surface area contributed by atoms with Crippen LogP contribution in [0.2, 0.25) is 0 Å². The Balaban J connectivity index is 1.43. The first-order valence-corrected chi connectivity index (χ1v) is 10.8. The van der Waals surface area contributed by atoms with Crippen molar-refractivity contribution in [3.8, 4) is 0 Å². The van der Waals surface area contributed by atoms with Crippen molar-refractivity contribution in [3.05, 3.63) is 112 Å². The lowest BCUT2D eigenvalue weighted by atomic mass is 10.1. The van der Waals surface area contributed by atoms with Gasteiger partial charge in [0.1, 0.15) is 5.76 Å². The van der Waals surface area contributed by atoms with Gasteiger partial charge in [-0.05, 0) is 52.1 Å². The lowest BCUT2D eigenvalue weighted by Crippen LogP contribution is -2.28. The van der Waals surface area contributed by atoms with E-state index < -0.39 is 0 Å². The van der Waals surface area contributed by atoms with Gasteiger partial charge < -0.3 is 9.40 Å². The summed E-state index contributed by atoms with van der Waals surface area (Å²) >= 11 is 0. The van der Waals surface area contributed by atoms with Crippen molar-refractivity contribution in [2.45, 2.75) is 33.1 Å². The minimum atomic E-state index is -0.0925. The van der Waals surface area contributed by atoms with Gasteiger partial charge in [0.05, 0.1) is 31.4 Å². The number of nitrogens with zero attached hydrogens (tertiary/aromatic N) is 5. The molecule has 0 aliphatic rings. The fraction of sp³-hybridized carbons (Fsp3) is 0.200. The number of para-hydroxylation sites is 1. The van der Waals surface area contributed by atoms with Gasteiger partial charge in [-0.25, -0.2) is 4.68 Å². The van der Waals surface area contributed by atoms with Crippen molar-refractivity contribution in [1.82, 2.24) is 30.1 Å². The largest absolute Gasteiger partial charge is 0.468 e. The zero-order valence-electron chi connectivity index (χ0n) is 18.3. The van der Waals surface area contributed by atoms with E-state index in [9.17, 15) is 4.79 Å². The van der Waals surface area contributed by atoms with Crippen LogP contribution in [-0.4, -0.2) is 30.1 Å². The molecule has 0 amide bonds. The number of furan rings is 1. The van der Waals surface area contributed by atoms with E-state index in [0.29, 0.717) is 31.7 Å². The van der Waals surface area contributed by atoms with Gasteiger partial charge in [0, 0.05) is 12.1 Å². The Morgan fingerprint density at radius 2 is 1.88 bits per heavy atom. The minimum absolute atomic E-state index is 0.0925. The number of nitrogens with one attached hydrogen (secondary N) is 1. The summed E-state index contributed by atoms with van der Waals surface area (Å²) < 4.78 is 7.37. The van der Waals surface area contributed by atoms with E-state index in [0.717, 1.165) is 33.6 Å². The second-order valence-electron chi connectivity index (χ2n) is 8.13. The Hall–Kier alpha value is -4.04. The molecule has 0 aliphatic carbocycles. The summed E-state index contributed by atoms with van der Waals surface area (Å²) in [6.45, 7) is 3.99. The van der Waals surface area contributed by atoms with Crippen LogP contribution in [0.3, 0.4) is 0 Å². The molecule has 1 N–H and O–H groups in total. The molecule has 0 bridgehead atoms. The van der Waals surface area contributed by atoms with Crippen molar-refractivity contribution in [1.29, 1.82) is 0 Å². The summed E-state index contributed by atoms with van der Waals surface area (Å²) in [5.41, 5.74) is 3.62. The normalized spacial score (nSPS) is 11.5. The molecular weight excluding hydrogens is 416 g/mol. The summed E-state index contributed by atoms with van der Waals surface area (Å²) in [5, 5.41) is 13.3. The summed E-state index contributed by atoms with van der Waals surface area (Å²) in [7, 11) is 0. The predicted octanol–water partition coefficient (Wildman–Crippen LogP) is 3.67. The van der Waals surface area contributed by atoms with E-state index in [1.54, 1.807) is 10.9 Å². The van der Waals surface area contributed by atoms with Gasteiger partial charge in [-0.1, -0.05) is 48.5 Å². The Labute approximate surface area is 190 Å². The third kappa shape index (κ3) is 4.75. The average molecular weight is 441 g/mol. The summed E-state index contributed by atoms with van der Waals surface area (Å²) in [5.74, 6) is 1.53. The van der Waals surface area contributed by atoms with Crippen molar-refractivity contribution in [2.24, 2.45) is 0 Å². The SMILES string of the molecule is Cc1cccc2cc(CN(Cc3ccco3)Cc3nnnn3Cc3ccccc3)c(=O)[nH]c12. The number of hydrogen-bond donors (Lipinski definition) is 1. The van der Waals surface area contributed by atoms with Crippen LogP contribution in [-0.2, 0) is 26.2 Å². The van der Waals surface area contributed by atoms with Gasteiger partial charge in [0.2, 0.25) is 0 Å². The average Bonchev–Trinajstić information content (AvgIpc) is 3.48. The number of benzene rings is 2. The van der Waals surface area contributed by atoms with E-state index >= 15 is 0 Å². The van der Waals surface area contributed by atoms with Gasteiger partial charge in [0.15, 0.2) is 5.82 Å². The molecule has 33 heavy (non-hydrogen) atoms. The molecule has 0 aliphatic heterocycles. The second kappa shape index (κ2) is 9.22. The quantitative estimate of drug-likeness (QED) is 0.396. The smallest absolute Gasteiger partial charge is 0.252 e. The fourth-order valence-electron chi connectivity index (χ4n) is 3.99. The molecule has 5 rings (SSSR count). The number of pyridine rings is 1. The van der Waals surface area contributed by atoms with E-state index in [1.165, 1.54) is 0 Å². The first kappa shape index (κ1) is 20.8. The summed E-state index contributed by atoms with van der Waals surface area (Å²) in [6.07, 6.45) is 1.65. The molecule has 0 saturated heterocycles. The number of tetrazole rings is 1. The lowest BCUT2D eigenvalue weighted by molar-refractivity contribution is 0.217. The monoisotopic (exact) mass is 440 g/mol. The zero-order valence-corrected chi connectivity index (χ0v) is 18.3. The fourth-order valence-corrected chi connectivity index (χ4v) is 3.99. The molecule has 0 unspecified atom stereocenters. The number of aryl methyl sites for hydroxylation is 1. The van der Waals surface area contributed by atoms with Crippen LogP contribution in [0.1, 0.15) is 28.3 Å². The third-order valence-electron chi connectivity index (χ3n) is 5.66. The molecule has 3 aromatic heterocycles. The second-order valence-corrected chi connectivity index (χ2v) is 8.13. The van der Waals surface area contributed by atoms with Gasteiger partial charge in [-0.15, -0.1) is 5.10 Å². The van der Waals surface area contributed by atoms with Gasteiger partial charge in [0.25, 0.3) is 5.56 Å². The third-order valence-corrected chi connectivity index (χ3v) is 5.66. The van der Waals surface area contributed by atoms with Crippen LogP contribution in [0.4, 0.5) is 0 Å². The highest BCUT2D eigenvalue weighted by atomic mass is 16.3. The molecule has 8 nitrogen and oxygen atoms in total. The number of rotatable bonds is 8. The zero-order chi connectivity index (χ0) is 22.6. The molecule has 0 radical (unpaired) electrons. The molecule has 0 saturated carbocycles. The van der Waals surface area contributed by atoms with E-state index in [1.807, 2.05) is 73.7 Å². The number of hydrogen-bond acceptors (Lipinski definition) is 6. The maximum Gasteiger partial charge on any atom is 0.252 e. The Morgan fingerprint density at radius 3 is 2.70 bits per heavy atom. The number of H-pyrrole nitrogens is 1. The number of aromatic nitrogens is 5. The molecule has 0 spiro atoms. The van der Waals surface area contributed by atoms with Crippen LogP contribution in [0, 0.1) is 6.92 Å². The highest BCUT2D eigenvalue weighted by Gasteiger charge is 2.17. The van der Waals surface area contributed by atoms with E-state index in [-0.39, 0.29) is 5.56 Å². The van der Waals surface area contributed by atoms with Crippen molar-refractivity contribution >= 4 is 10.9 Å². The molecule has 166 valence electrons. The first-order chi connectivity index (χ1) is 16.2. The van der Waals surface area contributed by atoms with Gasteiger partial charge >= 0.3 is 0 Å². The van der Waals surface area contributed by atoms with Crippen molar-refractivity contribution in [3.63, 3.8) is 0 Å². The van der Waals surface area contributed by atoms with Crippen LogP contribution in [0.15, 0.2) is 82.2 Å². The number of fused-ring (bicyclic) bond motifs is 1. The van der Waals surface area contributed by atoms with Gasteiger partial charge in [-0.2, -0.15) is 0 Å². The summed E-state index contributed by atoms with van der Waals surface area (Å²) in [6, 6.07) is 21.8. The van der Waals surface area contributed by atoms with Crippen LogP contribution in [0.5, 0.6) is 0 Å². The van der Waals surface area contributed by atoms with Crippen LogP contribution < -0.4 is 5.56 Å². The summed E-state index contributed by atoms with van der Waals surface area (Å²) in [4.78, 5) is 18.0. The van der Waals surface area contributed by atoms with Crippen LogP contribution in [0.25, 0.3) is 10.9 Å². The molecule has 8 heteroatoms. The van der Waals surface area contributed by atoms with E-state index in [4.69, 9.17) is 4.42 Å². The maximum absolute atomic E-state index is 12.9. The van der Waals surface area contributed by atoms with Crippen LogP contribution >= 0.6 is 0 Å². The van der Waals surface area contributed by atoms with E-state index in [2.05, 4.69) is 25.4 Å². The van der Waals surface area contributed by atoms with Gasteiger partial charge in [-0.3, -0.25) is 9.69 Å². The molecular formula is C25H24N6O2. The minimum Gasteiger partial charge on any atom is -0.468 e. The molecule has 0 atom stereocenters. The van der Waals surface area contributed by atoms with Crippen molar-refractivity contribution in [2.75, 3.05) is 0 Å². The molecule has 3 heterocycles. The lowest BCUT2D eigenvalue weighted by Gasteiger charge is -2.21. The Morgan fingerprint density at radius 1 is 1.00 bits per heavy atom. The molecule has 0 fully saturated rings. The highest BCUT2D eigenvalue weighted by molar-refractivity contribution is 5.81. The first-order valence-electron chi connectivity index (χ1n) is 10.8. The molecule has 2 aromatic carbocycles. The standard InChI is InChI=1S/C25H24N6O2/c1-18-7-5-10-20-13-21(25(32)26-24(18)20)15-30(16-22-11-6-12-33-22)17-23-27-28-29-31(23)14-19-8-3-2-4-9-19/h2-13H,14-17H2,1H3,(H,26,32). The highest BCUT2D eigenvalue weighted by Crippen LogP contribution is 2.18. The topological polar surface area (TPSA) is 92.8 Å². The Bertz CT molecular complexity index is 1410.